The van der Waals surface area contributed by atoms with Gasteiger partial charge in [-0.1, -0.05) is 36.4 Å². The fourth-order valence-corrected chi connectivity index (χ4v) is 3.89. The number of ether oxygens (including phenoxy) is 2. The maximum atomic E-state index is 13.4. The van der Waals surface area contributed by atoms with Crippen molar-refractivity contribution in [2.24, 2.45) is 0 Å². The number of hydrogen-bond acceptors (Lipinski definition) is 5. The molecule has 0 unspecified atom stereocenters. The fraction of sp³-hybridized carbons (Fsp3) is 0.200. The van der Waals surface area contributed by atoms with Crippen LogP contribution in [0.2, 0.25) is 0 Å². The molecule has 1 aliphatic heterocycles. The molecule has 1 aliphatic rings. The lowest BCUT2D eigenvalue weighted by Crippen LogP contribution is -2.25. The molecule has 1 N–H and O–H groups in total. The lowest BCUT2D eigenvalue weighted by Gasteiger charge is -2.28. The van der Waals surface area contributed by atoms with Crippen molar-refractivity contribution in [2.75, 3.05) is 11.9 Å². The zero-order valence-corrected chi connectivity index (χ0v) is 17.2. The van der Waals surface area contributed by atoms with Crippen molar-refractivity contribution in [2.45, 2.75) is 26.7 Å². The van der Waals surface area contributed by atoms with Crippen LogP contribution in [0.3, 0.4) is 0 Å². The van der Waals surface area contributed by atoms with E-state index in [1.807, 2.05) is 62.4 Å². The molecule has 0 aliphatic carbocycles. The number of anilines is 2. The molecule has 5 heteroatoms. The predicted molar refractivity (Wildman–Crippen MR) is 116 cm³/mol. The smallest absolute Gasteiger partial charge is 0.338 e. The van der Waals surface area contributed by atoms with E-state index in [0.29, 0.717) is 29.0 Å². The summed E-state index contributed by atoms with van der Waals surface area (Å²) in [7, 11) is 0. The first-order valence-electron chi connectivity index (χ1n) is 9.94. The van der Waals surface area contributed by atoms with Crippen LogP contribution < -0.4 is 10.1 Å². The molecular formula is C25H23NO4. The van der Waals surface area contributed by atoms with E-state index >= 15 is 0 Å². The van der Waals surface area contributed by atoms with Crippen molar-refractivity contribution >= 4 is 23.3 Å². The van der Waals surface area contributed by atoms with Crippen molar-refractivity contribution in [1.29, 1.82) is 0 Å². The summed E-state index contributed by atoms with van der Waals surface area (Å²) in [5, 5.41) is 3.38. The summed E-state index contributed by atoms with van der Waals surface area (Å²) in [6, 6.07) is 18.9. The van der Waals surface area contributed by atoms with Crippen LogP contribution in [-0.4, -0.2) is 18.5 Å². The Hall–Kier alpha value is -3.60. The molecule has 1 heterocycles. The van der Waals surface area contributed by atoms with Gasteiger partial charge in [-0.2, -0.15) is 0 Å². The van der Waals surface area contributed by atoms with E-state index in [0.717, 1.165) is 22.5 Å². The average molecular weight is 401 g/mol. The highest BCUT2D eigenvalue weighted by Crippen LogP contribution is 2.42. The van der Waals surface area contributed by atoms with E-state index in [9.17, 15) is 9.59 Å². The monoisotopic (exact) mass is 401 g/mol. The predicted octanol–water partition coefficient (Wildman–Crippen LogP) is 5.27. The maximum Gasteiger partial charge on any atom is 0.338 e. The average Bonchev–Trinajstić information content (AvgIpc) is 2.74. The molecule has 0 saturated carbocycles. The third-order valence-electron chi connectivity index (χ3n) is 5.22. The minimum atomic E-state index is -0.540. The second-order valence-electron chi connectivity index (χ2n) is 7.31. The first-order chi connectivity index (χ1) is 14.5. The van der Waals surface area contributed by atoms with Crippen LogP contribution in [0.5, 0.6) is 5.75 Å². The second-order valence-corrected chi connectivity index (χ2v) is 7.31. The number of fused-ring (bicyclic) bond motifs is 2. The minimum absolute atomic E-state index is 0.308. The molecule has 30 heavy (non-hydrogen) atoms. The quantitative estimate of drug-likeness (QED) is 0.476. The number of aryl methyl sites for hydroxylation is 2. The Balaban J connectivity index is 1.69. The van der Waals surface area contributed by atoms with Gasteiger partial charge < -0.3 is 14.8 Å². The van der Waals surface area contributed by atoms with Gasteiger partial charge in [0.2, 0.25) is 0 Å². The van der Waals surface area contributed by atoms with Crippen molar-refractivity contribution in [3.05, 3.63) is 88.5 Å². The van der Waals surface area contributed by atoms with Gasteiger partial charge in [0.1, 0.15) is 11.7 Å². The highest BCUT2D eigenvalue weighted by Gasteiger charge is 2.33. The minimum Gasteiger partial charge on any atom is -0.462 e. The Morgan fingerprint density at radius 2 is 1.43 bits per heavy atom. The van der Waals surface area contributed by atoms with Gasteiger partial charge in [0.05, 0.1) is 12.2 Å². The molecule has 0 atom stereocenters. The molecule has 5 nitrogen and oxygen atoms in total. The third kappa shape index (κ3) is 3.54. The van der Waals surface area contributed by atoms with Gasteiger partial charge in [0, 0.05) is 11.4 Å². The number of carbonyl (C=O) groups excluding carboxylic acids is 2. The van der Waals surface area contributed by atoms with Gasteiger partial charge in [-0.05, 0) is 67.3 Å². The van der Waals surface area contributed by atoms with E-state index < -0.39 is 5.92 Å². The molecule has 0 fully saturated rings. The number of nitrogens with one attached hydrogen (secondary N) is 1. The molecule has 0 radical (unpaired) electrons. The summed E-state index contributed by atoms with van der Waals surface area (Å²) >= 11 is 0. The molecule has 0 saturated heterocycles. The Labute approximate surface area is 175 Å². The van der Waals surface area contributed by atoms with Crippen molar-refractivity contribution in [3.8, 4) is 5.75 Å². The van der Waals surface area contributed by atoms with Crippen LogP contribution in [0.4, 0.5) is 11.4 Å². The van der Waals surface area contributed by atoms with Gasteiger partial charge in [0.15, 0.2) is 0 Å². The van der Waals surface area contributed by atoms with E-state index in [2.05, 4.69) is 5.32 Å². The van der Waals surface area contributed by atoms with Crippen molar-refractivity contribution < 1.29 is 19.1 Å². The van der Waals surface area contributed by atoms with Crippen LogP contribution in [0, 0.1) is 13.8 Å². The van der Waals surface area contributed by atoms with Gasteiger partial charge >= 0.3 is 11.9 Å². The Kier molecular flexibility index (Phi) is 5.27. The molecular weight excluding hydrogens is 378 g/mol. The van der Waals surface area contributed by atoms with Crippen LogP contribution in [0.1, 0.15) is 45.5 Å². The van der Waals surface area contributed by atoms with Crippen LogP contribution in [0.15, 0.2) is 60.7 Å². The lowest BCUT2D eigenvalue weighted by atomic mass is 9.86. The number of hydrogen-bond donors (Lipinski definition) is 1. The highest BCUT2D eigenvalue weighted by atomic mass is 16.5. The fourth-order valence-electron chi connectivity index (χ4n) is 3.89. The lowest BCUT2D eigenvalue weighted by molar-refractivity contribution is -0.135. The van der Waals surface area contributed by atoms with Gasteiger partial charge in [0.25, 0.3) is 0 Å². The third-order valence-corrected chi connectivity index (χ3v) is 5.22. The number of rotatable bonds is 4. The maximum absolute atomic E-state index is 13.4. The molecule has 0 bridgehead atoms. The number of esters is 2. The summed E-state index contributed by atoms with van der Waals surface area (Å²) in [6.45, 7) is 5.72. The Morgan fingerprint density at radius 1 is 0.900 bits per heavy atom. The Morgan fingerprint density at radius 3 is 1.97 bits per heavy atom. The zero-order chi connectivity index (χ0) is 21.3. The van der Waals surface area contributed by atoms with E-state index in [-0.39, 0.29) is 11.9 Å². The van der Waals surface area contributed by atoms with Crippen molar-refractivity contribution in [3.63, 3.8) is 0 Å². The number of benzene rings is 3. The number of carbonyl (C=O) groups is 2. The van der Waals surface area contributed by atoms with E-state index in [1.165, 1.54) is 0 Å². The Bertz CT molecular complexity index is 1070. The standard InChI is InChI=1S/C25H23NO4/c1-4-29-24(27)17-13-15(2)23(16(3)14-17)30-25(28)22-18-9-5-7-11-20(18)26-21-12-8-6-10-19(21)22/h5-14,22,26H,4H2,1-3H3. The largest absolute Gasteiger partial charge is 0.462 e. The van der Waals surface area contributed by atoms with E-state index in [1.54, 1.807) is 19.1 Å². The SMILES string of the molecule is CCOC(=O)c1cc(C)c(OC(=O)C2c3ccccc3Nc3ccccc32)c(C)c1. The van der Waals surface area contributed by atoms with Gasteiger partial charge in [-0.3, -0.25) is 4.79 Å². The summed E-state index contributed by atoms with van der Waals surface area (Å²) in [4.78, 5) is 25.4. The normalized spacial score (nSPS) is 12.4. The highest BCUT2D eigenvalue weighted by molar-refractivity contribution is 5.93. The van der Waals surface area contributed by atoms with Crippen LogP contribution in [-0.2, 0) is 9.53 Å². The summed E-state index contributed by atoms with van der Waals surface area (Å²) in [5.41, 5.74) is 5.40. The second kappa shape index (κ2) is 8.03. The summed E-state index contributed by atoms with van der Waals surface area (Å²) in [5.74, 6) is -0.807. The van der Waals surface area contributed by atoms with E-state index in [4.69, 9.17) is 9.47 Å². The van der Waals surface area contributed by atoms with Crippen molar-refractivity contribution in [1.82, 2.24) is 0 Å². The molecule has 0 amide bonds. The first-order valence-corrected chi connectivity index (χ1v) is 9.94. The summed E-state index contributed by atoms with van der Waals surface area (Å²) in [6.07, 6.45) is 0. The van der Waals surface area contributed by atoms with Gasteiger partial charge in [-0.15, -0.1) is 0 Å². The molecule has 3 aromatic rings. The molecule has 152 valence electrons. The summed E-state index contributed by atoms with van der Waals surface area (Å²) < 4.78 is 11.0. The molecule has 0 aromatic heterocycles. The number of para-hydroxylation sites is 2. The van der Waals surface area contributed by atoms with Gasteiger partial charge in [-0.25, -0.2) is 4.79 Å². The molecule has 4 rings (SSSR count). The molecule has 3 aromatic carbocycles. The zero-order valence-electron chi connectivity index (χ0n) is 17.2. The topological polar surface area (TPSA) is 64.6 Å². The molecule has 0 spiro atoms. The van der Waals surface area contributed by atoms with Crippen LogP contribution in [0.25, 0.3) is 0 Å². The van der Waals surface area contributed by atoms with Crippen LogP contribution >= 0.6 is 0 Å². The first kappa shape index (κ1) is 19.7.